The summed E-state index contributed by atoms with van der Waals surface area (Å²) in [6.45, 7) is 3.59. The van der Waals surface area contributed by atoms with Crippen LogP contribution in [-0.2, 0) is 16.0 Å². The first-order valence-corrected chi connectivity index (χ1v) is 6.15. The fraction of sp³-hybridized carbons (Fsp3) is 0.429. The Bertz CT molecular complexity index is 460. The minimum absolute atomic E-state index is 0.00746. The summed E-state index contributed by atoms with van der Waals surface area (Å²) in [5, 5.41) is 11.7. The molecule has 0 fully saturated rings. The first kappa shape index (κ1) is 15.1. The lowest BCUT2D eigenvalue weighted by Gasteiger charge is -2.14. The van der Waals surface area contributed by atoms with Gasteiger partial charge >= 0.3 is 5.97 Å². The van der Waals surface area contributed by atoms with E-state index in [0.29, 0.717) is 5.56 Å². The molecule has 1 amide bonds. The van der Waals surface area contributed by atoms with E-state index in [0.717, 1.165) is 0 Å². The maximum absolute atomic E-state index is 13.5. The van der Waals surface area contributed by atoms with E-state index in [1.165, 1.54) is 12.1 Å². The molecular formula is C14H18FNO3. The third-order valence-electron chi connectivity index (χ3n) is 2.65. The van der Waals surface area contributed by atoms with Gasteiger partial charge in [0.25, 0.3) is 0 Å². The first-order chi connectivity index (χ1) is 8.90. The van der Waals surface area contributed by atoms with Crippen LogP contribution < -0.4 is 5.32 Å². The molecule has 1 rings (SSSR count). The molecule has 0 aliphatic carbocycles. The van der Waals surface area contributed by atoms with Gasteiger partial charge in [0.05, 0.1) is 5.92 Å². The van der Waals surface area contributed by atoms with E-state index in [1.54, 1.807) is 26.0 Å². The molecule has 0 aromatic heterocycles. The molecule has 104 valence electrons. The zero-order valence-electron chi connectivity index (χ0n) is 11.0. The van der Waals surface area contributed by atoms with Gasteiger partial charge in [-0.1, -0.05) is 18.2 Å². The monoisotopic (exact) mass is 267 g/mol. The number of carbonyl (C=O) groups excluding carboxylic acids is 1. The Hall–Kier alpha value is -1.91. The molecule has 0 spiro atoms. The van der Waals surface area contributed by atoms with E-state index in [4.69, 9.17) is 5.11 Å². The van der Waals surface area contributed by atoms with Crippen LogP contribution >= 0.6 is 0 Å². The summed E-state index contributed by atoms with van der Waals surface area (Å²) >= 11 is 0. The second-order valence-electron chi connectivity index (χ2n) is 4.76. The topological polar surface area (TPSA) is 66.4 Å². The molecule has 1 aromatic carbocycles. The minimum atomic E-state index is -1.10. The maximum Gasteiger partial charge on any atom is 0.307 e. The van der Waals surface area contributed by atoms with Crippen LogP contribution in [-0.4, -0.2) is 23.0 Å². The molecule has 2 N–H and O–H groups in total. The molecule has 1 unspecified atom stereocenters. The van der Waals surface area contributed by atoms with Gasteiger partial charge in [-0.2, -0.15) is 0 Å². The van der Waals surface area contributed by atoms with E-state index >= 15 is 0 Å². The van der Waals surface area contributed by atoms with Gasteiger partial charge < -0.3 is 10.4 Å². The highest BCUT2D eigenvalue weighted by Crippen LogP contribution is 2.16. The zero-order valence-corrected chi connectivity index (χ0v) is 11.0. The number of hydrogen-bond acceptors (Lipinski definition) is 2. The van der Waals surface area contributed by atoms with Gasteiger partial charge in [0, 0.05) is 12.5 Å². The number of amides is 1. The van der Waals surface area contributed by atoms with Gasteiger partial charge in [-0.15, -0.1) is 0 Å². The van der Waals surface area contributed by atoms with Gasteiger partial charge in [-0.3, -0.25) is 9.59 Å². The Kier molecular flexibility index (Phi) is 5.48. The predicted octanol–water partition coefficient (Wildman–Crippen LogP) is 1.98. The number of hydrogen-bond donors (Lipinski definition) is 2. The van der Waals surface area contributed by atoms with Crippen LogP contribution in [0.3, 0.4) is 0 Å². The van der Waals surface area contributed by atoms with E-state index in [9.17, 15) is 14.0 Å². The summed E-state index contributed by atoms with van der Waals surface area (Å²) in [7, 11) is 0. The highest BCUT2D eigenvalue weighted by atomic mass is 19.1. The molecule has 0 heterocycles. The highest BCUT2D eigenvalue weighted by molar-refractivity contribution is 5.82. The molecule has 0 aliphatic heterocycles. The average Bonchev–Trinajstić information content (AvgIpc) is 2.29. The highest BCUT2D eigenvalue weighted by Gasteiger charge is 2.23. The lowest BCUT2D eigenvalue weighted by Crippen LogP contribution is -2.33. The predicted molar refractivity (Wildman–Crippen MR) is 69.1 cm³/mol. The van der Waals surface area contributed by atoms with Crippen molar-refractivity contribution in [3.63, 3.8) is 0 Å². The average molecular weight is 267 g/mol. The van der Waals surface area contributed by atoms with Crippen molar-refractivity contribution in [2.75, 3.05) is 0 Å². The fourth-order valence-corrected chi connectivity index (χ4v) is 1.78. The van der Waals surface area contributed by atoms with Crippen molar-refractivity contribution in [2.45, 2.75) is 32.7 Å². The number of aliphatic carboxylic acids is 1. The molecule has 0 aliphatic rings. The number of nitrogens with one attached hydrogen (secondary N) is 1. The molecule has 0 saturated heterocycles. The Morgan fingerprint density at radius 2 is 1.95 bits per heavy atom. The molecule has 0 saturated carbocycles. The van der Waals surface area contributed by atoms with Crippen molar-refractivity contribution < 1.29 is 19.1 Å². The Balaban J connectivity index is 2.71. The summed E-state index contributed by atoms with van der Waals surface area (Å²) in [6.07, 6.45) is -0.143. The van der Waals surface area contributed by atoms with Crippen molar-refractivity contribution in [1.29, 1.82) is 0 Å². The lowest BCUT2D eigenvalue weighted by molar-refractivity contribution is -0.144. The van der Waals surface area contributed by atoms with E-state index in [2.05, 4.69) is 5.32 Å². The van der Waals surface area contributed by atoms with E-state index < -0.39 is 17.7 Å². The molecule has 1 aromatic rings. The van der Waals surface area contributed by atoms with Crippen molar-refractivity contribution >= 4 is 11.9 Å². The van der Waals surface area contributed by atoms with Crippen molar-refractivity contribution in [1.82, 2.24) is 5.32 Å². The maximum atomic E-state index is 13.5. The number of halogens is 1. The molecule has 4 nitrogen and oxygen atoms in total. The lowest BCUT2D eigenvalue weighted by atomic mass is 9.95. The normalized spacial score (nSPS) is 12.2. The van der Waals surface area contributed by atoms with Crippen LogP contribution in [0.1, 0.15) is 25.8 Å². The SMILES string of the molecule is CC(C)NC(=O)CC(Cc1ccccc1F)C(=O)O. The van der Waals surface area contributed by atoms with Crippen molar-refractivity contribution in [2.24, 2.45) is 5.92 Å². The summed E-state index contributed by atoms with van der Waals surface area (Å²) < 4.78 is 13.5. The third-order valence-corrected chi connectivity index (χ3v) is 2.65. The number of carboxylic acid groups (broad SMARTS) is 1. The summed E-state index contributed by atoms with van der Waals surface area (Å²) in [5.41, 5.74) is 0.312. The summed E-state index contributed by atoms with van der Waals surface area (Å²) in [6, 6.07) is 5.95. The molecule has 0 bridgehead atoms. The van der Waals surface area contributed by atoms with Gasteiger partial charge in [0.1, 0.15) is 5.82 Å². The second-order valence-corrected chi connectivity index (χ2v) is 4.76. The Morgan fingerprint density at radius 3 is 2.47 bits per heavy atom. The van der Waals surface area contributed by atoms with Crippen LogP contribution in [0.2, 0.25) is 0 Å². The fourth-order valence-electron chi connectivity index (χ4n) is 1.78. The number of rotatable bonds is 6. The molecule has 5 heteroatoms. The molecule has 0 radical (unpaired) electrons. The standard InChI is InChI=1S/C14H18FNO3/c1-9(2)16-13(17)8-11(14(18)19)7-10-5-3-4-6-12(10)15/h3-6,9,11H,7-8H2,1-2H3,(H,16,17)(H,18,19). The Labute approximate surface area is 111 Å². The van der Waals surface area contributed by atoms with Crippen molar-refractivity contribution in [3.05, 3.63) is 35.6 Å². The van der Waals surface area contributed by atoms with Crippen molar-refractivity contribution in [3.8, 4) is 0 Å². The summed E-state index contributed by atoms with van der Waals surface area (Å²) in [4.78, 5) is 22.7. The third kappa shape index (κ3) is 5.07. The number of carbonyl (C=O) groups is 2. The largest absolute Gasteiger partial charge is 0.481 e. The van der Waals surface area contributed by atoms with E-state index in [-0.39, 0.29) is 24.8 Å². The van der Waals surface area contributed by atoms with Crippen LogP contribution in [0.25, 0.3) is 0 Å². The Morgan fingerprint density at radius 1 is 1.32 bits per heavy atom. The summed E-state index contributed by atoms with van der Waals surface area (Å²) in [5.74, 6) is -2.80. The molecular weight excluding hydrogens is 249 g/mol. The molecule has 1 atom stereocenters. The van der Waals surface area contributed by atoms with Gasteiger partial charge in [0.15, 0.2) is 0 Å². The van der Waals surface area contributed by atoms with Crippen LogP contribution in [0, 0.1) is 11.7 Å². The van der Waals surface area contributed by atoms with Gasteiger partial charge in [0.2, 0.25) is 5.91 Å². The smallest absolute Gasteiger partial charge is 0.307 e. The van der Waals surface area contributed by atoms with Gasteiger partial charge in [-0.05, 0) is 31.9 Å². The van der Waals surface area contributed by atoms with Gasteiger partial charge in [-0.25, -0.2) is 4.39 Å². The minimum Gasteiger partial charge on any atom is -0.481 e. The van der Waals surface area contributed by atoms with E-state index in [1.807, 2.05) is 0 Å². The number of benzene rings is 1. The zero-order chi connectivity index (χ0) is 14.4. The first-order valence-electron chi connectivity index (χ1n) is 6.15. The van der Waals surface area contributed by atoms with Crippen LogP contribution in [0.4, 0.5) is 4.39 Å². The van der Waals surface area contributed by atoms with Crippen LogP contribution in [0.5, 0.6) is 0 Å². The second kappa shape index (κ2) is 6.87. The van der Waals surface area contributed by atoms with Crippen LogP contribution in [0.15, 0.2) is 24.3 Å². The molecule has 19 heavy (non-hydrogen) atoms. The quantitative estimate of drug-likeness (QED) is 0.828. The number of carboxylic acids is 1.